The maximum absolute atomic E-state index is 14.1. The van der Waals surface area contributed by atoms with Crippen LogP contribution in [0.15, 0.2) is 72.3 Å². The number of hydrogen-bond donors (Lipinski definition) is 4. The fraction of sp³-hybridized carbons (Fsp3) is 0.528. The number of carbonyl (C=O) groups excluding carboxylic acids is 3. The van der Waals surface area contributed by atoms with Gasteiger partial charge in [-0.15, -0.1) is 11.8 Å². The van der Waals surface area contributed by atoms with Crippen molar-refractivity contribution in [2.24, 2.45) is 5.92 Å². The smallest absolute Gasteiger partial charge is 0.410 e. The number of rotatable bonds is 16. The SMILES string of the molecule is O=C(N[C@@H](CC1CCCCC1)[C@@H](O)CCSc1ccccn1)[C@H](Cc1cnc[nH]1)NC(=O)[C@H](Cc1ccccc1)OC(=O)N1CCOCC1. The van der Waals surface area contributed by atoms with Crippen LogP contribution in [0.1, 0.15) is 56.2 Å². The molecule has 2 aromatic heterocycles. The van der Waals surface area contributed by atoms with E-state index in [4.69, 9.17) is 9.47 Å². The zero-order valence-electron chi connectivity index (χ0n) is 27.9. The molecule has 4 N–H and O–H groups in total. The van der Waals surface area contributed by atoms with Crippen LogP contribution in [0.2, 0.25) is 0 Å². The number of amides is 3. The van der Waals surface area contributed by atoms with Crippen molar-refractivity contribution in [1.82, 2.24) is 30.5 Å². The highest BCUT2D eigenvalue weighted by atomic mass is 32.2. The van der Waals surface area contributed by atoms with Crippen molar-refractivity contribution in [3.63, 3.8) is 0 Å². The van der Waals surface area contributed by atoms with Gasteiger partial charge in [0.25, 0.3) is 5.91 Å². The van der Waals surface area contributed by atoms with Crippen LogP contribution in [0, 0.1) is 5.92 Å². The summed E-state index contributed by atoms with van der Waals surface area (Å²) in [5, 5.41) is 18.3. The largest absolute Gasteiger partial charge is 0.436 e. The molecule has 12 nitrogen and oxygen atoms in total. The number of aliphatic hydroxyl groups excluding tert-OH is 1. The van der Waals surface area contributed by atoms with Gasteiger partial charge in [-0.1, -0.05) is 68.5 Å². The normalized spacial score (nSPS) is 17.8. The molecule has 5 rings (SSSR count). The first kappa shape index (κ1) is 36.3. The number of H-pyrrole nitrogens is 1. The molecule has 1 saturated carbocycles. The number of hydrogen-bond acceptors (Lipinski definition) is 9. The van der Waals surface area contributed by atoms with Gasteiger partial charge in [0.05, 0.1) is 36.7 Å². The average molecular weight is 693 g/mol. The molecule has 13 heteroatoms. The molecule has 0 radical (unpaired) electrons. The van der Waals surface area contributed by atoms with E-state index in [1.165, 1.54) is 17.6 Å². The lowest BCUT2D eigenvalue weighted by Gasteiger charge is -2.32. The third-order valence-corrected chi connectivity index (χ3v) is 10.1. The molecule has 0 bridgehead atoms. The van der Waals surface area contributed by atoms with E-state index < -0.39 is 42.2 Å². The fourth-order valence-electron chi connectivity index (χ4n) is 6.34. The summed E-state index contributed by atoms with van der Waals surface area (Å²) in [7, 11) is 0. The van der Waals surface area contributed by atoms with Gasteiger partial charge in [0.2, 0.25) is 5.91 Å². The Morgan fingerprint density at radius 3 is 2.49 bits per heavy atom. The van der Waals surface area contributed by atoms with Crippen LogP contribution in [0.4, 0.5) is 4.79 Å². The highest BCUT2D eigenvalue weighted by Crippen LogP contribution is 2.29. The first-order valence-electron chi connectivity index (χ1n) is 17.3. The number of pyridine rings is 1. The molecule has 3 amide bonds. The predicted octanol–water partition coefficient (Wildman–Crippen LogP) is 3.91. The van der Waals surface area contributed by atoms with Gasteiger partial charge in [0.1, 0.15) is 6.04 Å². The molecule has 1 aromatic carbocycles. The Balaban J connectivity index is 1.30. The highest BCUT2D eigenvalue weighted by Gasteiger charge is 2.33. The highest BCUT2D eigenvalue weighted by molar-refractivity contribution is 7.99. The second-order valence-corrected chi connectivity index (χ2v) is 13.8. The van der Waals surface area contributed by atoms with Crippen molar-refractivity contribution in [3.8, 4) is 0 Å². The van der Waals surface area contributed by atoms with Gasteiger partial charge >= 0.3 is 6.09 Å². The molecule has 3 aromatic rings. The van der Waals surface area contributed by atoms with Gasteiger partial charge in [-0.05, 0) is 36.5 Å². The number of aromatic nitrogens is 3. The van der Waals surface area contributed by atoms with E-state index in [2.05, 4.69) is 25.6 Å². The number of aromatic amines is 1. The van der Waals surface area contributed by atoms with Crippen LogP contribution >= 0.6 is 11.8 Å². The molecule has 0 unspecified atom stereocenters. The van der Waals surface area contributed by atoms with E-state index in [1.54, 1.807) is 24.2 Å². The molecule has 1 saturated heterocycles. The number of benzene rings is 1. The van der Waals surface area contributed by atoms with Crippen LogP contribution in [0.5, 0.6) is 0 Å². The van der Waals surface area contributed by atoms with Gasteiger partial charge in [-0.25, -0.2) is 14.8 Å². The molecule has 2 fully saturated rings. The number of thioether (sulfide) groups is 1. The number of nitrogens with one attached hydrogen (secondary N) is 3. The summed E-state index contributed by atoms with van der Waals surface area (Å²) in [5.41, 5.74) is 1.47. The van der Waals surface area contributed by atoms with Crippen LogP contribution in [-0.4, -0.2) is 99.2 Å². The Labute approximate surface area is 292 Å². The number of aliphatic hydroxyl groups is 1. The zero-order chi connectivity index (χ0) is 34.3. The topological polar surface area (TPSA) is 159 Å². The molecule has 49 heavy (non-hydrogen) atoms. The summed E-state index contributed by atoms with van der Waals surface area (Å²) >= 11 is 1.56. The zero-order valence-corrected chi connectivity index (χ0v) is 28.7. The number of imidazole rings is 1. The lowest BCUT2D eigenvalue weighted by Crippen LogP contribution is -2.56. The lowest BCUT2D eigenvalue weighted by molar-refractivity contribution is -0.135. The maximum Gasteiger partial charge on any atom is 0.410 e. The first-order chi connectivity index (χ1) is 23.9. The summed E-state index contributed by atoms with van der Waals surface area (Å²) < 4.78 is 11.2. The molecule has 4 atom stereocenters. The number of morpholine rings is 1. The quantitative estimate of drug-likeness (QED) is 0.163. The van der Waals surface area contributed by atoms with Gasteiger partial charge in [0.15, 0.2) is 6.10 Å². The number of carbonyl (C=O) groups is 3. The second kappa shape index (κ2) is 19.3. The maximum atomic E-state index is 14.1. The minimum Gasteiger partial charge on any atom is -0.436 e. The minimum absolute atomic E-state index is 0.134. The van der Waals surface area contributed by atoms with Crippen molar-refractivity contribution in [3.05, 3.63) is 78.5 Å². The van der Waals surface area contributed by atoms with Crippen LogP contribution in [0.25, 0.3) is 0 Å². The van der Waals surface area contributed by atoms with E-state index in [-0.39, 0.29) is 12.8 Å². The summed E-state index contributed by atoms with van der Waals surface area (Å²) in [4.78, 5) is 54.1. The molecule has 2 aliphatic rings. The lowest BCUT2D eigenvalue weighted by atomic mass is 9.83. The monoisotopic (exact) mass is 692 g/mol. The Morgan fingerprint density at radius 1 is 1.00 bits per heavy atom. The summed E-state index contributed by atoms with van der Waals surface area (Å²) in [6, 6.07) is 13.5. The van der Waals surface area contributed by atoms with E-state index in [0.717, 1.165) is 36.3 Å². The van der Waals surface area contributed by atoms with Crippen LogP contribution in [0.3, 0.4) is 0 Å². The Kier molecular flexibility index (Phi) is 14.3. The van der Waals surface area contributed by atoms with E-state index in [1.807, 2.05) is 48.5 Å². The third-order valence-electron chi connectivity index (χ3n) is 9.09. The van der Waals surface area contributed by atoms with Gasteiger partial charge in [-0.2, -0.15) is 0 Å². The second-order valence-electron chi connectivity index (χ2n) is 12.7. The molecule has 1 aliphatic carbocycles. The van der Waals surface area contributed by atoms with Crippen molar-refractivity contribution in [1.29, 1.82) is 0 Å². The summed E-state index contributed by atoms with van der Waals surface area (Å²) in [6.45, 7) is 1.53. The molecular formula is C36H48N6O6S. The third kappa shape index (κ3) is 11.9. The summed E-state index contributed by atoms with van der Waals surface area (Å²) in [5.74, 6) is 0.0335. The van der Waals surface area contributed by atoms with E-state index in [9.17, 15) is 19.5 Å². The Bertz CT molecular complexity index is 1420. The van der Waals surface area contributed by atoms with Crippen molar-refractivity contribution in [2.45, 2.75) is 87.1 Å². The minimum atomic E-state index is -1.18. The van der Waals surface area contributed by atoms with Crippen LogP contribution < -0.4 is 10.6 Å². The van der Waals surface area contributed by atoms with Crippen molar-refractivity contribution >= 4 is 29.7 Å². The standard InChI is InChI=1S/C36H48N6O6S/c43-31(14-20-49-33-13-7-8-15-38-33)29(21-26-9-3-1-4-10-26)40-34(44)30(23-28-24-37-25-39-28)41-35(45)32(22-27-11-5-2-6-12-27)48-36(46)42-16-18-47-19-17-42/h2,5-8,11-13,15,24-26,29-32,43H,1,3-4,9-10,14,16-23H2,(H,37,39)(H,40,44)(H,41,45)/t29-,30-,31-,32-/m0/s1. The van der Waals surface area contributed by atoms with Crippen molar-refractivity contribution < 1.29 is 29.0 Å². The molecule has 3 heterocycles. The first-order valence-corrected chi connectivity index (χ1v) is 18.3. The molecule has 264 valence electrons. The average Bonchev–Trinajstić information content (AvgIpc) is 3.65. The van der Waals surface area contributed by atoms with Gasteiger partial charge < -0.3 is 35.1 Å². The van der Waals surface area contributed by atoms with Gasteiger partial charge in [0, 0.05) is 49.8 Å². The Hall–Kier alpha value is -3.94. The number of nitrogens with zero attached hydrogens (tertiary/aromatic N) is 3. The summed E-state index contributed by atoms with van der Waals surface area (Å²) in [6.07, 6.45) is 9.29. The van der Waals surface area contributed by atoms with Crippen molar-refractivity contribution in [2.75, 3.05) is 32.1 Å². The fourth-order valence-corrected chi connectivity index (χ4v) is 7.22. The Morgan fingerprint density at radius 2 is 1.78 bits per heavy atom. The molecule has 1 aliphatic heterocycles. The number of ether oxygens (including phenoxy) is 2. The van der Waals surface area contributed by atoms with E-state index in [0.29, 0.717) is 56.5 Å². The van der Waals surface area contributed by atoms with E-state index >= 15 is 0 Å². The molecular weight excluding hydrogens is 644 g/mol. The van der Waals surface area contributed by atoms with Crippen LogP contribution in [-0.2, 0) is 31.9 Å². The van der Waals surface area contributed by atoms with Gasteiger partial charge in [-0.3, -0.25) is 9.59 Å². The predicted molar refractivity (Wildman–Crippen MR) is 186 cm³/mol. The molecule has 0 spiro atoms.